The summed E-state index contributed by atoms with van der Waals surface area (Å²) in [4.78, 5) is 2.42. The van der Waals surface area contributed by atoms with Crippen LogP contribution in [0.15, 0.2) is 24.8 Å². The van der Waals surface area contributed by atoms with Crippen molar-refractivity contribution < 1.29 is 0 Å². The second-order valence-corrected chi connectivity index (χ2v) is 6.22. The van der Waals surface area contributed by atoms with E-state index in [9.17, 15) is 0 Å². The van der Waals surface area contributed by atoms with Gasteiger partial charge < -0.3 is 10.2 Å². The summed E-state index contributed by atoms with van der Waals surface area (Å²) in [6.07, 6.45) is 18.6. The minimum atomic E-state index is 1.04. The first kappa shape index (κ1) is 22.0. The van der Waals surface area contributed by atoms with E-state index in [2.05, 4.69) is 41.8 Å². The Bertz CT molecular complexity index is 335. The fraction of sp³-hybridized carbons (Fsp3) is 0.714. The first-order valence-electron chi connectivity index (χ1n) is 9.38. The van der Waals surface area contributed by atoms with E-state index in [1.54, 1.807) is 0 Å². The van der Waals surface area contributed by atoms with E-state index in [-0.39, 0.29) is 0 Å². The van der Waals surface area contributed by atoms with Crippen LogP contribution in [0.5, 0.6) is 0 Å². The molecule has 0 aromatic rings. The number of nitrogens with zero attached hydrogens (tertiary/aromatic N) is 1. The molecule has 0 saturated carbocycles. The standard InChI is InChI=1S/C21H38N2/c1-4-5-6-7-8-9-10-11-12-13-14-15-16-17-18-20-23(3)21-19-22-2/h4,7-8,22H,1,5-6,11-21H2,2-3H3. The van der Waals surface area contributed by atoms with Crippen LogP contribution in [0, 0.1) is 11.8 Å². The Hall–Kier alpha value is -1.04. The van der Waals surface area contributed by atoms with E-state index in [4.69, 9.17) is 0 Å². The number of rotatable bonds is 15. The summed E-state index contributed by atoms with van der Waals surface area (Å²) < 4.78 is 0. The molecule has 0 aromatic heterocycles. The molecular formula is C21H38N2. The highest BCUT2D eigenvalue weighted by Crippen LogP contribution is 2.08. The maximum Gasteiger partial charge on any atom is 0.0104 e. The molecule has 0 saturated heterocycles. The molecule has 0 fully saturated rings. The lowest BCUT2D eigenvalue weighted by molar-refractivity contribution is 0.325. The molecule has 0 unspecified atom stereocenters. The van der Waals surface area contributed by atoms with E-state index < -0.39 is 0 Å². The summed E-state index contributed by atoms with van der Waals surface area (Å²) in [5.74, 6) is 6.34. The second-order valence-electron chi connectivity index (χ2n) is 6.22. The Morgan fingerprint density at radius 2 is 1.65 bits per heavy atom. The Morgan fingerprint density at radius 3 is 2.35 bits per heavy atom. The van der Waals surface area contributed by atoms with Gasteiger partial charge in [-0.3, -0.25) is 0 Å². The summed E-state index contributed by atoms with van der Waals surface area (Å²) >= 11 is 0. The number of unbranched alkanes of at least 4 members (excludes halogenated alkanes) is 8. The number of hydrogen-bond donors (Lipinski definition) is 1. The van der Waals surface area contributed by atoms with E-state index in [0.717, 1.165) is 32.4 Å². The molecule has 0 bridgehead atoms. The third-order valence-electron chi connectivity index (χ3n) is 3.93. The molecule has 0 aliphatic heterocycles. The number of allylic oxidation sites excluding steroid dienone is 3. The van der Waals surface area contributed by atoms with Gasteiger partial charge in [-0.15, -0.1) is 6.58 Å². The molecule has 2 heteroatoms. The van der Waals surface area contributed by atoms with Crippen molar-refractivity contribution >= 4 is 0 Å². The van der Waals surface area contributed by atoms with Gasteiger partial charge in [-0.2, -0.15) is 0 Å². The number of hydrogen-bond acceptors (Lipinski definition) is 2. The van der Waals surface area contributed by atoms with Crippen molar-refractivity contribution in [3.8, 4) is 11.8 Å². The molecule has 132 valence electrons. The van der Waals surface area contributed by atoms with Crippen LogP contribution < -0.4 is 5.32 Å². The molecule has 1 N–H and O–H groups in total. The van der Waals surface area contributed by atoms with E-state index in [0.29, 0.717) is 0 Å². The summed E-state index contributed by atoms with van der Waals surface area (Å²) in [7, 11) is 4.23. The number of likely N-dealkylation sites (N-methyl/N-ethyl adjacent to an activating group) is 2. The molecule has 2 nitrogen and oxygen atoms in total. The molecule has 0 aromatic carbocycles. The average molecular weight is 319 g/mol. The molecule has 23 heavy (non-hydrogen) atoms. The van der Waals surface area contributed by atoms with Gasteiger partial charge in [0.2, 0.25) is 0 Å². The van der Waals surface area contributed by atoms with Gasteiger partial charge in [0, 0.05) is 19.5 Å². The van der Waals surface area contributed by atoms with Crippen LogP contribution in [-0.4, -0.2) is 38.6 Å². The molecule has 0 aliphatic rings. The molecule has 0 amide bonds. The molecule has 0 radical (unpaired) electrons. The van der Waals surface area contributed by atoms with Crippen molar-refractivity contribution in [3.63, 3.8) is 0 Å². The maximum absolute atomic E-state index is 3.70. The lowest BCUT2D eigenvalue weighted by atomic mass is 10.1. The van der Waals surface area contributed by atoms with Crippen molar-refractivity contribution in [1.82, 2.24) is 10.2 Å². The molecular weight excluding hydrogens is 280 g/mol. The SMILES string of the molecule is C=CCCC=CC#CCCCCCCCCCN(C)CCNC. The molecule has 0 aliphatic carbocycles. The van der Waals surface area contributed by atoms with Gasteiger partial charge >= 0.3 is 0 Å². The van der Waals surface area contributed by atoms with E-state index in [1.807, 2.05) is 19.2 Å². The lowest BCUT2D eigenvalue weighted by Crippen LogP contribution is -2.28. The van der Waals surface area contributed by atoms with Crippen LogP contribution in [0.4, 0.5) is 0 Å². The summed E-state index contributed by atoms with van der Waals surface area (Å²) in [6, 6.07) is 0. The summed E-state index contributed by atoms with van der Waals surface area (Å²) in [6.45, 7) is 7.18. The van der Waals surface area contributed by atoms with Crippen molar-refractivity contribution in [1.29, 1.82) is 0 Å². The lowest BCUT2D eigenvalue weighted by Gasteiger charge is -2.15. The topological polar surface area (TPSA) is 15.3 Å². The van der Waals surface area contributed by atoms with Crippen molar-refractivity contribution in [3.05, 3.63) is 24.8 Å². The fourth-order valence-electron chi connectivity index (χ4n) is 2.38. The minimum absolute atomic E-state index is 1.04. The average Bonchev–Trinajstić information content (AvgIpc) is 2.56. The first-order chi connectivity index (χ1) is 11.3. The predicted molar refractivity (Wildman–Crippen MR) is 105 cm³/mol. The highest BCUT2D eigenvalue weighted by atomic mass is 15.1. The fourth-order valence-corrected chi connectivity index (χ4v) is 2.38. The Balaban J connectivity index is 3.23. The van der Waals surface area contributed by atoms with Crippen LogP contribution in [0.2, 0.25) is 0 Å². The Morgan fingerprint density at radius 1 is 0.957 bits per heavy atom. The molecule has 0 spiro atoms. The second kappa shape index (κ2) is 19.0. The quantitative estimate of drug-likeness (QED) is 0.265. The van der Waals surface area contributed by atoms with Crippen LogP contribution in [0.25, 0.3) is 0 Å². The zero-order valence-electron chi connectivity index (χ0n) is 15.6. The van der Waals surface area contributed by atoms with Gasteiger partial charge in [-0.05, 0) is 52.4 Å². The predicted octanol–water partition coefficient (Wildman–Crippen LogP) is 4.78. The van der Waals surface area contributed by atoms with Gasteiger partial charge in [0.1, 0.15) is 0 Å². The molecule has 0 rings (SSSR count). The van der Waals surface area contributed by atoms with Crippen molar-refractivity contribution in [2.75, 3.05) is 33.7 Å². The third-order valence-corrected chi connectivity index (χ3v) is 3.93. The third kappa shape index (κ3) is 18.9. The summed E-state index contributed by atoms with van der Waals surface area (Å²) in [5, 5.41) is 3.19. The zero-order valence-corrected chi connectivity index (χ0v) is 15.6. The largest absolute Gasteiger partial charge is 0.318 e. The van der Waals surface area contributed by atoms with E-state index >= 15 is 0 Å². The van der Waals surface area contributed by atoms with Gasteiger partial charge in [-0.25, -0.2) is 0 Å². The van der Waals surface area contributed by atoms with Gasteiger partial charge in [0.15, 0.2) is 0 Å². The van der Waals surface area contributed by atoms with Gasteiger partial charge in [0.05, 0.1) is 0 Å². The summed E-state index contributed by atoms with van der Waals surface area (Å²) in [5.41, 5.74) is 0. The number of nitrogens with one attached hydrogen (secondary N) is 1. The Labute approximate surface area is 145 Å². The molecule has 0 heterocycles. The first-order valence-corrected chi connectivity index (χ1v) is 9.38. The highest BCUT2D eigenvalue weighted by Gasteiger charge is 1.97. The van der Waals surface area contributed by atoms with Crippen LogP contribution in [-0.2, 0) is 0 Å². The zero-order chi connectivity index (χ0) is 17.0. The van der Waals surface area contributed by atoms with Crippen LogP contribution >= 0.6 is 0 Å². The highest BCUT2D eigenvalue weighted by molar-refractivity contribution is 5.15. The van der Waals surface area contributed by atoms with Crippen molar-refractivity contribution in [2.45, 2.75) is 64.2 Å². The monoisotopic (exact) mass is 318 g/mol. The van der Waals surface area contributed by atoms with Gasteiger partial charge in [-0.1, -0.05) is 56.1 Å². The molecule has 0 atom stereocenters. The van der Waals surface area contributed by atoms with Crippen LogP contribution in [0.1, 0.15) is 64.2 Å². The maximum atomic E-state index is 3.70. The van der Waals surface area contributed by atoms with Crippen molar-refractivity contribution in [2.24, 2.45) is 0 Å². The normalized spacial score (nSPS) is 10.9. The van der Waals surface area contributed by atoms with Gasteiger partial charge in [0.25, 0.3) is 0 Å². The smallest absolute Gasteiger partial charge is 0.0104 e. The van der Waals surface area contributed by atoms with E-state index in [1.165, 1.54) is 51.5 Å². The Kier molecular flexibility index (Phi) is 18.1. The van der Waals surface area contributed by atoms with Crippen LogP contribution in [0.3, 0.4) is 0 Å². The minimum Gasteiger partial charge on any atom is -0.318 e.